The Balaban J connectivity index is 1.87. The molecule has 1 heterocycles. The number of carbonyl (C=O) groups is 1. The normalized spacial score (nSPS) is 24.9. The van der Waals surface area contributed by atoms with Crippen LogP contribution in [0.5, 0.6) is 0 Å². The van der Waals surface area contributed by atoms with Crippen LogP contribution in [0.4, 0.5) is 5.69 Å². The van der Waals surface area contributed by atoms with Gasteiger partial charge < -0.3 is 10.6 Å². The molecular weight excluding hydrogens is 248 g/mol. The summed E-state index contributed by atoms with van der Waals surface area (Å²) in [6, 6.07) is 6.46. The van der Waals surface area contributed by atoms with Gasteiger partial charge in [0.1, 0.15) is 0 Å². The number of rotatable bonds is 2. The Labute approximate surface area is 121 Å². The Morgan fingerprint density at radius 3 is 2.65 bits per heavy atom. The first-order valence-electron chi connectivity index (χ1n) is 7.76. The van der Waals surface area contributed by atoms with E-state index < -0.39 is 0 Å². The summed E-state index contributed by atoms with van der Waals surface area (Å²) in [5.41, 5.74) is 9.86. The molecule has 2 aliphatic rings. The molecule has 108 valence electrons. The van der Waals surface area contributed by atoms with Crippen molar-refractivity contribution >= 4 is 11.6 Å². The number of benzene rings is 1. The smallest absolute Gasteiger partial charge is 0.234 e. The molecule has 2 unspecified atom stereocenters. The van der Waals surface area contributed by atoms with Gasteiger partial charge in [0.2, 0.25) is 5.91 Å². The van der Waals surface area contributed by atoms with E-state index in [4.69, 9.17) is 5.73 Å². The van der Waals surface area contributed by atoms with Crippen molar-refractivity contribution in [2.45, 2.75) is 51.0 Å². The fraction of sp³-hybridized carbons (Fsp3) is 0.588. The summed E-state index contributed by atoms with van der Waals surface area (Å²) in [7, 11) is 1.85. The monoisotopic (exact) mass is 272 g/mol. The van der Waals surface area contributed by atoms with E-state index in [-0.39, 0.29) is 17.9 Å². The van der Waals surface area contributed by atoms with E-state index in [1.54, 1.807) is 4.90 Å². The molecule has 1 aliphatic heterocycles. The van der Waals surface area contributed by atoms with Gasteiger partial charge in [-0.3, -0.25) is 4.79 Å². The predicted molar refractivity (Wildman–Crippen MR) is 81.8 cm³/mol. The van der Waals surface area contributed by atoms with Crippen molar-refractivity contribution in [3.05, 3.63) is 29.3 Å². The SMILES string of the molecule is CC1C(=O)N(C)c2ccc(C(N)C3CCCCC3)cc21. The highest BCUT2D eigenvalue weighted by Crippen LogP contribution is 2.39. The van der Waals surface area contributed by atoms with Crippen molar-refractivity contribution in [1.29, 1.82) is 0 Å². The molecule has 1 aromatic carbocycles. The van der Waals surface area contributed by atoms with Gasteiger partial charge in [0.25, 0.3) is 0 Å². The topological polar surface area (TPSA) is 46.3 Å². The van der Waals surface area contributed by atoms with Gasteiger partial charge in [-0.2, -0.15) is 0 Å². The molecule has 0 spiro atoms. The predicted octanol–water partition coefficient (Wildman–Crippen LogP) is 3.35. The van der Waals surface area contributed by atoms with Crippen LogP contribution in [0, 0.1) is 5.92 Å². The lowest BCUT2D eigenvalue weighted by molar-refractivity contribution is -0.118. The number of likely N-dealkylation sites (N-methyl/N-ethyl adjacent to an activating group) is 1. The Kier molecular flexibility index (Phi) is 3.55. The molecule has 3 nitrogen and oxygen atoms in total. The molecule has 0 radical (unpaired) electrons. The van der Waals surface area contributed by atoms with Gasteiger partial charge in [-0.1, -0.05) is 31.4 Å². The fourth-order valence-corrected chi connectivity index (χ4v) is 3.74. The highest BCUT2D eigenvalue weighted by molar-refractivity contribution is 6.04. The van der Waals surface area contributed by atoms with Crippen LogP contribution in [-0.4, -0.2) is 13.0 Å². The van der Waals surface area contributed by atoms with Crippen molar-refractivity contribution in [1.82, 2.24) is 0 Å². The summed E-state index contributed by atoms with van der Waals surface area (Å²) >= 11 is 0. The molecule has 1 fully saturated rings. The molecule has 2 atom stereocenters. The number of fused-ring (bicyclic) bond motifs is 1. The van der Waals surface area contributed by atoms with E-state index in [1.165, 1.54) is 37.7 Å². The van der Waals surface area contributed by atoms with Crippen molar-refractivity contribution in [2.24, 2.45) is 11.7 Å². The van der Waals surface area contributed by atoms with Gasteiger partial charge >= 0.3 is 0 Å². The summed E-state index contributed by atoms with van der Waals surface area (Å²) in [6.45, 7) is 1.99. The molecule has 20 heavy (non-hydrogen) atoms. The second kappa shape index (κ2) is 5.21. The van der Waals surface area contributed by atoms with Crippen LogP contribution in [0.3, 0.4) is 0 Å². The number of anilines is 1. The largest absolute Gasteiger partial charge is 0.324 e. The van der Waals surface area contributed by atoms with Crippen molar-refractivity contribution < 1.29 is 4.79 Å². The summed E-state index contributed by atoms with van der Waals surface area (Å²) < 4.78 is 0. The van der Waals surface area contributed by atoms with Crippen molar-refractivity contribution in [3.63, 3.8) is 0 Å². The second-order valence-corrected chi connectivity index (χ2v) is 6.36. The molecular formula is C17H24N2O. The van der Waals surface area contributed by atoms with E-state index in [0.717, 1.165) is 11.3 Å². The fourth-order valence-electron chi connectivity index (χ4n) is 3.74. The Hall–Kier alpha value is -1.35. The summed E-state index contributed by atoms with van der Waals surface area (Å²) in [6.07, 6.45) is 6.45. The van der Waals surface area contributed by atoms with Crippen LogP contribution in [0.1, 0.15) is 62.1 Å². The van der Waals surface area contributed by atoms with Gasteiger partial charge in [0.05, 0.1) is 5.92 Å². The van der Waals surface area contributed by atoms with Crippen LogP contribution in [0.2, 0.25) is 0 Å². The zero-order valence-corrected chi connectivity index (χ0v) is 12.4. The highest BCUT2D eigenvalue weighted by Gasteiger charge is 2.32. The molecule has 3 rings (SSSR count). The first-order valence-corrected chi connectivity index (χ1v) is 7.76. The molecule has 3 heteroatoms. The first-order chi connectivity index (χ1) is 9.59. The lowest BCUT2D eigenvalue weighted by Crippen LogP contribution is -2.23. The average Bonchev–Trinajstić information content (AvgIpc) is 2.72. The van der Waals surface area contributed by atoms with E-state index in [1.807, 2.05) is 14.0 Å². The molecule has 2 N–H and O–H groups in total. The van der Waals surface area contributed by atoms with E-state index >= 15 is 0 Å². The standard InChI is InChI=1S/C17H24N2O/c1-11-14-10-13(8-9-15(14)19(2)17(11)20)16(18)12-6-4-3-5-7-12/h8-12,16H,3-7,18H2,1-2H3. The number of carbonyl (C=O) groups excluding carboxylic acids is 1. The quantitative estimate of drug-likeness (QED) is 0.897. The van der Waals surface area contributed by atoms with Gasteiger partial charge in [0, 0.05) is 18.8 Å². The van der Waals surface area contributed by atoms with E-state index in [9.17, 15) is 4.79 Å². The van der Waals surface area contributed by atoms with E-state index in [2.05, 4.69) is 18.2 Å². The van der Waals surface area contributed by atoms with Crippen LogP contribution in [0.25, 0.3) is 0 Å². The van der Waals surface area contributed by atoms with Crippen LogP contribution >= 0.6 is 0 Å². The molecule has 0 aromatic heterocycles. The minimum Gasteiger partial charge on any atom is -0.324 e. The second-order valence-electron chi connectivity index (χ2n) is 6.36. The van der Waals surface area contributed by atoms with Gasteiger partial charge in [-0.05, 0) is 42.9 Å². The lowest BCUT2D eigenvalue weighted by atomic mass is 9.81. The third-order valence-corrected chi connectivity index (χ3v) is 5.12. The molecule has 1 aliphatic carbocycles. The third-order valence-electron chi connectivity index (χ3n) is 5.12. The highest BCUT2D eigenvalue weighted by atomic mass is 16.2. The van der Waals surface area contributed by atoms with Crippen LogP contribution in [-0.2, 0) is 4.79 Å². The van der Waals surface area contributed by atoms with Crippen molar-refractivity contribution in [2.75, 3.05) is 11.9 Å². The maximum Gasteiger partial charge on any atom is 0.234 e. The number of nitrogens with two attached hydrogens (primary N) is 1. The molecule has 0 bridgehead atoms. The maximum atomic E-state index is 12.0. The van der Waals surface area contributed by atoms with Crippen LogP contribution in [0.15, 0.2) is 18.2 Å². The van der Waals surface area contributed by atoms with Gasteiger partial charge in [-0.15, -0.1) is 0 Å². The van der Waals surface area contributed by atoms with E-state index in [0.29, 0.717) is 5.92 Å². The Morgan fingerprint density at radius 1 is 1.25 bits per heavy atom. The first kappa shape index (κ1) is 13.6. The number of hydrogen-bond donors (Lipinski definition) is 1. The average molecular weight is 272 g/mol. The molecule has 1 saturated carbocycles. The molecule has 1 amide bonds. The van der Waals surface area contributed by atoms with Gasteiger partial charge in [0.15, 0.2) is 0 Å². The Morgan fingerprint density at radius 2 is 1.95 bits per heavy atom. The molecule has 1 aromatic rings. The zero-order chi connectivity index (χ0) is 14.3. The summed E-state index contributed by atoms with van der Waals surface area (Å²) in [4.78, 5) is 13.8. The third kappa shape index (κ3) is 2.14. The number of amides is 1. The number of nitrogens with zero attached hydrogens (tertiary/aromatic N) is 1. The maximum absolute atomic E-state index is 12.0. The number of hydrogen-bond acceptors (Lipinski definition) is 2. The van der Waals surface area contributed by atoms with Crippen LogP contribution < -0.4 is 10.6 Å². The minimum absolute atomic E-state index is 0.0338. The van der Waals surface area contributed by atoms with Gasteiger partial charge in [-0.25, -0.2) is 0 Å². The minimum atomic E-state index is -0.0338. The summed E-state index contributed by atoms with van der Waals surface area (Å²) in [5.74, 6) is 0.754. The molecule has 0 saturated heterocycles. The van der Waals surface area contributed by atoms with Crippen molar-refractivity contribution in [3.8, 4) is 0 Å². The zero-order valence-electron chi connectivity index (χ0n) is 12.4. The Bertz CT molecular complexity index is 520. The summed E-state index contributed by atoms with van der Waals surface area (Å²) in [5, 5.41) is 0. The lowest BCUT2D eigenvalue weighted by Gasteiger charge is -2.28.